The van der Waals surface area contributed by atoms with Crippen molar-refractivity contribution >= 4 is 21.8 Å². The molecule has 1 fully saturated rings. The van der Waals surface area contributed by atoms with E-state index in [4.69, 9.17) is 37.3 Å². The van der Waals surface area contributed by atoms with Crippen molar-refractivity contribution in [3.63, 3.8) is 0 Å². The van der Waals surface area contributed by atoms with Crippen LogP contribution in [0.25, 0.3) is 0 Å². The lowest BCUT2D eigenvalue weighted by Gasteiger charge is -2.39. The van der Waals surface area contributed by atoms with Gasteiger partial charge in [-0.25, -0.2) is 37.3 Å². The Hall–Kier alpha value is -0.600. The van der Waals surface area contributed by atoms with Gasteiger partial charge in [-0.1, -0.05) is 31.2 Å². The molecule has 4 aliphatic rings. The second-order valence-electron chi connectivity index (χ2n) is 7.32. The molecule has 0 aromatic heterocycles. The van der Waals surface area contributed by atoms with Crippen LogP contribution >= 0.6 is 0 Å². The zero-order chi connectivity index (χ0) is 23.0. The van der Waals surface area contributed by atoms with Crippen LogP contribution in [0.4, 0.5) is 0 Å². The van der Waals surface area contributed by atoms with Crippen molar-refractivity contribution in [2.75, 3.05) is 0 Å². The summed E-state index contributed by atoms with van der Waals surface area (Å²) in [5.41, 5.74) is 0. The van der Waals surface area contributed by atoms with Gasteiger partial charge in [0, 0.05) is 12.8 Å². The maximum atomic E-state index is 8.49. The molecule has 0 saturated heterocycles. The summed E-state index contributed by atoms with van der Waals surface area (Å²) in [7, 11) is -9.21. The Kier molecular flexibility index (Phi) is 7.85. The SMILES string of the molecule is CC1CCC2C(C1)[S+]1c3ccccc3[S+]2c2ccccc21.[O-][Cl+3]([O-])([O-])[O-].[O-][Cl+3]([O-])([O-])[O-]. The van der Waals surface area contributed by atoms with E-state index in [-0.39, 0.29) is 0 Å². The van der Waals surface area contributed by atoms with Gasteiger partial charge < -0.3 is 0 Å². The van der Waals surface area contributed by atoms with Crippen LogP contribution in [0.5, 0.6) is 0 Å². The Labute approximate surface area is 189 Å². The van der Waals surface area contributed by atoms with Crippen molar-refractivity contribution in [3.05, 3.63) is 48.5 Å². The van der Waals surface area contributed by atoms with Crippen LogP contribution in [0, 0.1) is 26.4 Å². The molecular formula is C19H20Cl2O8S2. The van der Waals surface area contributed by atoms with Gasteiger partial charge in [0.05, 0.1) is 21.8 Å². The van der Waals surface area contributed by atoms with Crippen LogP contribution in [0.15, 0.2) is 68.1 Å². The summed E-state index contributed by atoms with van der Waals surface area (Å²) >= 11 is 0. The molecule has 2 aromatic rings. The third kappa shape index (κ3) is 6.47. The third-order valence-corrected chi connectivity index (χ3v) is 11.3. The molecule has 6 rings (SSSR count). The zero-order valence-corrected chi connectivity index (χ0v) is 19.5. The molecule has 0 spiro atoms. The van der Waals surface area contributed by atoms with E-state index in [1.165, 1.54) is 19.3 Å². The highest BCUT2D eigenvalue weighted by atomic mass is 35.7. The molecule has 1 saturated carbocycles. The summed E-state index contributed by atoms with van der Waals surface area (Å²) in [6, 6.07) is 18.7. The number of hydrogen-bond donors (Lipinski definition) is 0. The van der Waals surface area contributed by atoms with Crippen molar-refractivity contribution in [2.24, 2.45) is 5.92 Å². The Balaban J connectivity index is 0.000000232. The maximum absolute atomic E-state index is 8.49. The lowest BCUT2D eigenvalue weighted by molar-refractivity contribution is -2.00. The van der Waals surface area contributed by atoms with Crippen LogP contribution in [0.3, 0.4) is 0 Å². The molecule has 3 aliphatic heterocycles. The molecule has 12 heteroatoms. The molecule has 1 aliphatic carbocycles. The molecule has 3 heterocycles. The van der Waals surface area contributed by atoms with E-state index in [9.17, 15) is 0 Å². The molecule has 170 valence electrons. The highest BCUT2D eigenvalue weighted by Crippen LogP contribution is 2.56. The first kappa shape index (κ1) is 25.0. The molecule has 8 nitrogen and oxygen atoms in total. The smallest absolute Gasteiger partial charge is 0.216 e. The molecule has 2 bridgehead atoms. The van der Waals surface area contributed by atoms with Gasteiger partial charge in [-0.15, -0.1) is 20.5 Å². The van der Waals surface area contributed by atoms with Gasteiger partial charge in [0.2, 0.25) is 19.6 Å². The Morgan fingerprint density at radius 1 is 0.613 bits per heavy atom. The van der Waals surface area contributed by atoms with Gasteiger partial charge in [0.25, 0.3) is 0 Å². The Bertz CT molecular complexity index is 833. The minimum absolute atomic E-state index is 0.334. The molecule has 3 atom stereocenters. The van der Waals surface area contributed by atoms with Gasteiger partial charge in [-0.2, -0.15) is 0 Å². The van der Waals surface area contributed by atoms with E-state index in [0.717, 1.165) is 16.4 Å². The summed E-state index contributed by atoms with van der Waals surface area (Å²) in [4.78, 5) is 6.70. The zero-order valence-electron chi connectivity index (χ0n) is 16.3. The summed E-state index contributed by atoms with van der Waals surface area (Å²) in [5.74, 6) is 0.919. The highest BCUT2D eigenvalue weighted by Gasteiger charge is 2.65. The fraction of sp³-hybridized carbons (Fsp3) is 0.368. The summed E-state index contributed by atoms with van der Waals surface area (Å²) < 4.78 is 67.9. The van der Waals surface area contributed by atoms with Crippen molar-refractivity contribution in [1.29, 1.82) is 0 Å². The minimum atomic E-state index is -4.94. The topological polar surface area (TPSA) is 184 Å². The fourth-order valence-corrected chi connectivity index (χ4v) is 11.6. The summed E-state index contributed by atoms with van der Waals surface area (Å²) in [5, 5.41) is 1.84. The van der Waals surface area contributed by atoms with E-state index < -0.39 is 20.5 Å². The van der Waals surface area contributed by atoms with Crippen molar-refractivity contribution in [3.8, 4) is 0 Å². The molecule has 0 amide bonds. The standard InChI is InChI=1S/C19H20S2.2ClHO4/c1-13-10-11-18-19(12-13)21-16-8-4-2-6-14(16)20(18)15-7-3-5-9-17(15)21;2*2-1(3,4)5/h2-9,13,18-19H,10-12H2,1H3;2*(H,2,3,4,5)/q+2;;/p-2. The maximum Gasteiger partial charge on any atom is 0.216 e. The number of halogens is 2. The summed E-state index contributed by atoms with van der Waals surface area (Å²) in [6.07, 6.45) is 4.33. The van der Waals surface area contributed by atoms with Crippen molar-refractivity contribution in [1.82, 2.24) is 0 Å². The van der Waals surface area contributed by atoms with Crippen LogP contribution < -0.4 is 37.3 Å². The van der Waals surface area contributed by atoms with E-state index >= 15 is 0 Å². The van der Waals surface area contributed by atoms with Gasteiger partial charge in [0.1, 0.15) is 0 Å². The van der Waals surface area contributed by atoms with E-state index in [0.29, 0.717) is 21.8 Å². The second kappa shape index (κ2) is 9.72. The first-order valence-electron chi connectivity index (χ1n) is 9.22. The molecule has 2 aromatic carbocycles. The average molecular weight is 511 g/mol. The largest absolute Gasteiger partial charge is 0.222 e. The highest BCUT2D eigenvalue weighted by molar-refractivity contribution is 8.06. The average Bonchev–Trinajstić information content (AvgIpc) is 2.65. The van der Waals surface area contributed by atoms with Crippen LogP contribution in [0.2, 0.25) is 0 Å². The molecular weight excluding hydrogens is 491 g/mol. The minimum Gasteiger partial charge on any atom is -0.222 e. The van der Waals surface area contributed by atoms with Gasteiger partial charge in [0.15, 0.2) is 10.5 Å². The quantitative estimate of drug-likeness (QED) is 0.315. The predicted octanol–water partition coefficient (Wildman–Crippen LogP) is -4.87. The fourth-order valence-electron chi connectivity index (χ4n) is 4.33. The first-order chi connectivity index (χ1) is 14.3. The monoisotopic (exact) mass is 510 g/mol. The van der Waals surface area contributed by atoms with Crippen LogP contribution in [-0.2, 0) is 21.8 Å². The normalized spacial score (nSPS) is 28.1. The van der Waals surface area contributed by atoms with Gasteiger partial charge in [-0.05, 0) is 36.6 Å². The van der Waals surface area contributed by atoms with Crippen molar-refractivity contribution in [2.45, 2.75) is 56.3 Å². The molecule has 0 N–H and O–H groups in total. The molecule has 31 heavy (non-hydrogen) atoms. The Morgan fingerprint density at radius 2 is 0.935 bits per heavy atom. The number of hydrogen-bond acceptors (Lipinski definition) is 8. The van der Waals surface area contributed by atoms with E-state index in [1.54, 1.807) is 19.6 Å². The lowest BCUT2D eigenvalue weighted by atomic mass is 9.90. The van der Waals surface area contributed by atoms with E-state index in [2.05, 4.69) is 55.5 Å². The van der Waals surface area contributed by atoms with Crippen LogP contribution in [0.1, 0.15) is 26.2 Å². The Morgan fingerprint density at radius 3 is 1.29 bits per heavy atom. The van der Waals surface area contributed by atoms with Gasteiger partial charge >= 0.3 is 0 Å². The number of rotatable bonds is 0. The van der Waals surface area contributed by atoms with Gasteiger partial charge in [-0.3, -0.25) is 0 Å². The molecule has 0 radical (unpaired) electrons. The summed E-state index contributed by atoms with van der Waals surface area (Å²) in [6.45, 7) is 2.46. The first-order valence-corrected chi connectivity index (χ1v) is 14.3. The van der Waals surface area contributed by atoms with Crippen molar-refractivity contribution < 1.29 is 57.8 Å². The number of benzene rings is 2. The second-order valence-corrected chi connectivity index (χ2v) is 13.2. The lowest BCUT2D eigenvalue weighted by Crippen LogP contribution is -2.68. The molecule has 3 unspecified atom stereocenters. The predicted molar refractivity (Wildman–Crippen MR) is 91.3 cm³/mol. The van der Waals surface area contributed by atoms with E-state index in [1.807, 2.05) is 0 Å². The third-order valence-electron chi connectivity index (χ3n) is 5.24. The van der Waals surface area contributed by atoms with Crippen LogP contribution in [-0.4, -0.2) is 10.5 Å².